The van der Waals surface area contributed by atoms with E-state index in [0.717, 1.165) is 5.56 Å². The standard InChI is InChI=1S/C23H23ClN6O3/c1-14-20(27-28-30(14)17-7-5-6-16(24)12-17)23(31)26-21(22-25-8-9-29(22)2)15-10-18(32-3)13-19(11-15)33-4/h5-13,21H,1-4H3,(H,26,31). The van der Waals surface area contributed by atoms with Crippen LogP contribution in [0.1, 0.15) is 33.6 Å². The van der Waals surface area contributed by atoms with E-state index in [1.807, 2.05) is 42.1 Å². The quantitative estimate of drug-likeness (QED) is 0.448. The van der Waals surface area contributed by atoms with Crippen molar-refractivity contribution in [3.63, 3.8) is 0 Å². The average Bonchev–Trinajstić information content (AvgIpc) is 3.42. The predicted octanol–water partition coefficient (Wildman–Crippen LogP) is 3.50. The van der Waals surface area contributed by atoms with Crippen LogP contribution in [0, 0.1) is 6.92 Å². The molecule has 2 aromatic heterocycles. The monoisotopic (exact) mass is 466 g/mol. The van der Waals surface area contributed by atoms with Crippen LogP contribution in [-0.4, -0.2) is 44.7 Å². The molecule has 0 spiro atoms. The number of halogens is 1. The van der Waals surface area contributed by atoms with E-state index in [9.17, 15) is 4.79 Å². The second-order valence-electron chi connectivity index (χ2n) is 7.36. The number of methoxy groups -OCH3 is 2. The summed E-state index contributed by atoms with van der Waals surface area (Å²) in [5, 5.41) is 11.9. The number of amides is 1. The molecule has 2 aromatic carbocycles. The SMILES string of the molecule is COc1cc(OC)cc(C(NC(=O)c2nnn(-c3cccc(Cl)c3)c2C)c2nccn2C)c1. The molecule has 1 N–H and O–H groups in total. The third-order valence-corrected chi connectivity index (χ3v) is 5.50. The first kappa shape index (κ1) is 22.3. The van der Waals surface area contributed by atoms with Crippen molar-refractivity contribution in [2.45, 2.75) is 13.0 Å². The molecular weight excluding hydrogens is 444 g/mol. The molecule has 1 atom stereocenters. The Morgan fingerprint density at radius 2 is 1.85 bits per heavy atom. The number of carbonyl (C=O) groups excluding carboxylic acids is 1. The van der Waals surface area contributed by atoms with Crippen LogP contribution in [0.25, 0.3) is 5.69 Å². The first-order chi connectivity index (χ1) is 15.9. The van der Waals surface area contributed by atoms with Gasteiger partial charge in [0, 0.05) is 30.5 Å². The highest BCUT2D eigenvalue weighted by Crippen LogP contribution is 2.30. The molecule has 0 saturated carbocycles. The summed E-state index contributed by atoms with van der Waals surface area (Å²) in [7, 11) is 5.01. The van der Waals surface area contributed by atoms with Gasteiger partial charge in [-0.15, -0.1) is 5.10 Å². The molecule has 170 valence electrons. The Bertz CT molecular complexity index is 1280. The summed E-state index contributed by atoms with van der Waals surface area (Å²) in [6.07, 6.45) is 3.49. The Morgan fingerprint density at radius 1 is 1.12 bits per heavy atom. The van der Waals surface area contributed by atoms with Gasteiger partial charge in [-0.2, -0.15) is 0 Å². The second kappa shape index (κ2) is 9.33. The van der Waals surface area contributed by atoms with Crippen molar-refractivity contribution in [1.29, 1.82) is 0 Å². The first-order valence-electron chi connectivity index (χ1n) is 10.1. The molecule has 4 rings (SSSR count). The van der Waals surface area contributed by atoms with Gasteiger partial charge >= 0.3 is 0 Å². The minimum atomic E-state index is -0.586. The van der Waals surface area contributed by atoms with Crippen LogP contribution in [0.4, 0.5) is 0 Å². The second-order valence-corrected chi connectivity index (χ2v) is 7.80. The van der Waals surface area contributed by atoms with Crippen molar-refractivity contribution >= 4 is 17.5 Å². The third-order valence-electron chi connectivity index (χ3n) is 5.26. The van der Waals surface area contributed by atoms with Gasteiger partial charge in [0.05, 0.1) is 25.6 Å². The summed E-state index contributed by atoms with van der Waals surface area (Å²) in [6, 6.07) is 12.0. The van der Waals surface area contributed by atoms with Crippen LogP contribution in [0.3, 0.4) is 0 Å². The summed E-state index contributed by atoms with van der Waals surface area (Å²) < 4.78 is 14.2. The lowest BCUT2D eigenvalue weighted by Crippen LogP contribution is -2.32. The van der Waals surface area contributed by atoms with Crippen LogP contribution in [-0.2, 0) is 7.05 Å². The highest BCUT2D eigenvalue weighted by Gasteiger charge is 2.26. The molecule has 0 fully saturated rings. The number of ether oxygens (including phenoxy) is 2. The maximum Gasteiger partial charge on any atom is 0.274 e. The molecule has 0 radical (unpaired) electrons. The van der Waals surface area contributed by atoms with Crippen LogP contribution in [0.2, 0.25) is 5.02 Å². The maximum absolute atomic E-state index is 13.3. The number of nitrogens with one attached hydrogen (secondary N) is 1. The lowest BCUT2D eigenvalue weighted by atomic mass is 10.0. The first-order valence-corrected chi connectivity index (χ1v) is 10.5. The van der Waals surface area contributed by atoms with E-state index in [1.54, 1.807) is 50.2 Å². The fourth-order valence-electron chi connectivity index (χ4n) is 3.54. The number of nitrogens with zero attached hydrogens (tertiary/aromatic N) is 5. The van der Waals surface area contributed by atoms with Crippen molar-refractivity contribution in [3.8, 4) is 17.2 Å². The lowest BCUT2D eigenvalue weighted by Gasteiger charge is -2.20. The number of hydrogen-bond acceptors (Lipinski definition) is 6. The number of aromatic nitrogens is 5. The van der Waals surface area contributed by atoms with Crippen molar-refractivity contribution < 1.29 is 14.3 Å². The Kier molecular flexibility index (Phi) is 6.32. The van der Waals surface area contributed by atoms with Crippen molar-refractivity contribution in [2.24, 2.45) is 7.05 Å². The summed E-state index contributed by atoms with van der Waals surface area (Å²) in [6.45, 7) is 1.78. The zero-order chi connectivity index (χ0) is 23.5. The molecule has 0 aliphatic rings. The molecule has 0 saturated heterocycles. The van der Waals surface area contributed by atoms with Crippen LogP contribution < -0.4 is 14.8 Å². The zero-order valence-electron chi connectivity index (χ0n) is 18.6. The normalized spacial score (nSPS) is 11.8. The minimum absolute atomic E-state index is 0.198. The number of hydrogen-bond donors (Lipinski definition) is 1. The largest absolute Gasteiger partial charge is 0.497 e. The van der Waals surface area contributed by atoms with Gasteiger partial charge in [0.25, 0.3) is 5.91 Å². The van der Waals surface area contributed by atoms with E-state index in [4.69, 9.17) is 21.1 Å². The molecule has 2 heterocycles. The number of carbonyl (C=O) groups is 1. The zero-order valence-corrected chi connectivity index (χ0v) is 19.4. The van der Waals surface area contributed by atoms with E-state index in [1.165, 1.54) is 0 Å². The Hall–Kier alpha value is -3.85. The van der Waals surface area contributed by atoms with Gasteiger partial charge in [-0.05, 0) is 42.8 Å². The maximum atomic E-state index is 13.3. The van der Waals surface area contributed by atoms with E-state index in [2.05, 4.69) is 20.6 Å². The molecular formula is C23H23ClN6O3. The van der Waals surface area contributed by atoms with Crippen LogP contribution in [0.5, 0.6) is 11.5 Å². The molecule has 4 aromatic rings. The summed E-state index contributed by atoms with van der Waals surface area (Å²) >= 11 is 6.10. The Labute approximate surface area is 195 Å². The van der Waals surface area contributed by atoms with Crippen molar-refractivity contribution in [3.05, 3.63) is 82.7 Å². The van der Waals surface area contributed by atoms with E-state index >= 15 is 0 Å². The van der Waals surface area contributed by atoms with Gasteiger partial charge in [-0.3, -0.25) is 4.79 Å². The number of imidazole rings is 1. The summed E-state index contributed by atoms with van der Waals surface area (Å²) in [5.41, 5.74) is 2.24. The molecule has 0 bridgehead atoms. The summed E-state index contributed by atoms with van der Waals surface area (Å²) in [5.74, 6) is 1.44. The Balaban J connectivity index is 1.71. The van der Waals surface area contributed by atoms with Crippen LogP contribution >= 0.6 is 11.6 Å². The molecule has 0 aliphatic carbocycles. The van der Waals surface area contributed by atoms with Crippen LogP contribution in [0.15, 0.2) is 54.9 Å². The molecule has 10 heteroatoms. The van der Waals surface area contributed by atoms with Gasteiger partial charge in [-0.1, -0.05) is 22.9 Å². The molecule has 9 nitrogen and oxygen atoms in total. The highest BCUT2D eigenvalue weighted by atomic mass is 35.5. The molecule has 1 amide bonds. The lowest BCUT2D eigenvalue weighted by molar-refractivity contribution is 0.0935. The topological polar surface area (TPSA) is 96.1 Å². The predicted molar refractivity (Wildman–Crippen MR) is 123 cm³/mol. The van der Waals surface area contributed by atoms with Crippen molar-refractivity contribution in [1.82, 2.24) is 29.9 Å². The Morgan fingerprint density at radius 3 is 2.45 bits per heavy atom. The fourth-order valence-corrected chi connectivity index (χ4v) is 3.72. The van der Waals surface area contributed by atoms with Crippen molar-refractivity contribution in [2.75, 3.05) is 14.2 Å². The smallest absolute Gasteiger partial charge is 0.274 e. The third kappa shape index (κ3) is 4.54. The minimum Gasteiger partial charge on any atom is -0.497 e. The number of rotatable bonds is 7. The molecule has 33 heavy (non-hydrogen) atoms. The highest BCUT2D eigenvalue weighted by molar-refractivity contribution is 6.30. The van der Waals surface area contributed by atoms with E-state index < -0.39 is 11.9 Å². The van der Waals surface area contributed by atoms with Gasteiger partial charge in [-0.25, -0.2) is 9.67 Å². The van der Waals surface area contributed by atoms with Gasteiger partial charge in [0.1, 0.15) is 23.4 Å². The summed E-state index contributed by atoms with van der Waals surface area (Å²) in [4.78, 5) is 17.8. The molecule has 1 unspecified atom stereocenters. The molecule has 0 aliphatic heterocycles. The van der Waals surface area contributed by atoms with E-state index in [-0.39, 0.29) is 5.69 Å². The number of benzene rings is 2. The van der Waals surface area contributed by atoms with E-state index in [0.29, 0.717) is 33.7 Å². The average molecular weight is 467 g/mol. The van der Waals surface area contributed by atoms with Gasteiger partial charge in [0.2, 0.25) is 0 Å². The fraction of sp³-hybridized carbons (Fsp3) is 0.217. The van der Waals surface area contributed by atoms with Gasteiger partial charge in [0.15, 0.2) is 5.69 Å². The van der Waals surface area contributed by atoms with Gasteiger partial charge < -0.3 is 19.4 Å². The number of aryl methyl sites for hydroxylation is 1.